The molecule has 4 aromatic rings. The maximum atomic E-state index is 4.51. The van der Waals surface area contributed by atoms with E-state index in [1.165, 1.54) is 4.88 Å². The number of hydrogen-bond donors (Lipinski definition) is 0. The third-order valence-electron chi connectivity index (χ3n) is 3.63. The highest BCUT2D eigenvalue weighted by molar-refractivity contribution is 9.10. The molecular weight excluding hydrogens is 388 g/mol. The highest BCUT2D eigenvalue weighted by Crippen LogP contribution is 2.24. The lowest BCUT2D eigenvalue weighted by molar-refractivity contribution is 0.785. The zero-order valence-electron chi connectivity index (χ0n) is 12.6. The van der Waals surface area contributed by atoms with E-state index in [4.69, 9.17) is 0 Å². The molecule has 0 saturated carbocycles. The minimum absolute atomic E-state index is 0.636. The Morgan fingerprint density at radius 1 is 1.25 bits per heavy atom. The number of rotatable bonds is 5. The second kappa shape index (κ2) is 6.66. The summed E-state index contributed by atoms with van der Waals surface area (Å²) < 4.78 is 2.93. The standard InChI is InChI=1S/C16H13BrN6S/c17-12-2-1-3-13(6-12)23(8-14-7-18-11-24-14)9-15-16-21-20-10-22(16)5-4-19-15/h1-7,10-11H,8-9H2. The van der Waals surface area contributed by atoms with Crippen LogP contribution in [-0.2, 0) is 13.1 Å². The van der Waals surface area contributed by atoms with Crippen LogP contribution in [0.3, 0.4) is 0 Å². The molecule has 0 saturated heterocycles. The predicted octanol–water partition coefficient (Wildman–Crippen LogP) is 3.55. The quantitative estimate of drug-likeness (QED) is 0.512. The van der Waals surface area contributed by atoms with Crippen molar-refractivity contribution in [2.75, 3.05) is 4.90 Å². The number of anilines is 1. The molecule has 3 heterocycles. The molecule has 0 unspecified atom stereocenters. The van der Waals surface area contributed by atoms with Gasteiger partial charge in [0.1, 0.15) is 12.0 Å². The highest BCUT2D eigenvalue weighted by Gasteiger charge is 2.14. The number of nitrogens with zero attached hydrogens (tertiary/aromatic N) is 6. The number of hydrogen-bond acceptors (Lipinski definition) is 6. The summed E-state index contributed by atoms with van der Waals surface area (Å²) in [7, 11) is 0. The van der Waals surface area contributed by atoms with Gasteiger partial charge in [0.15, 0.2) is 5.65 Å². The average Bonchev–Trinajstić information content (AvgIpc) is 3.26. The van der Waals surface area contributed by atoms with Crippen LogP contribution in [0.15, 0.2) is 59.2 Å². The van der Waals surface area contributed by atoms with E-state index in [1.54, 1.807) is 23.9 Å². The molecule has 0 aliphatic rings. The van der Waals surface area contributed by atoms with Crippen molar-refractivity contribution < 1.29 is 0 Å². The Labute approximate surface area is 151 Å². The molecule has 6 nitrogen and oxygen atoms in total. The van der Waals surface area contributed by atoms with Gasteiger partial charge in [0, 0.05) is 33.6 Å². The van der Waals surface area contributed by atoms with Crippen molar-refractivity contribution in [1.82, 2.24) is 24.6 Å². The van der Waals surface area contributed by atoms with Crippen molar-refractivity contribution in [3.8, 4) is 0 Å². The van der Waals surface area contributed by atoms with E-state index in [0.29, 0.717) is 6.54 Å². The molecule has 0 spiro atoms. The third-order valence-corrected chi connectivity index (χ3v) is 4.89. The molecule has 4 rings (SSSR count). The zero-order valence-corrected chi connectivity index (χ0v) is 15.0. The summed E-state index contributed by atoms with van der Waals surface area (Å²) in [6.07, 6.45) is 7.22. The number of benzene rings is 1. The Hall–Kier alpha value is -2.32. The lowest BCUT2D eigenvalue weighted by atomic mass is 10.2. The molecule has 0 N–H and O–H groups in total. The van der Waals surface area contributed by atoms with Gasteiger partial charge in [-0.3, -0.25) is 14.4 Å². The van der Waals surface area contributed by atoms with Crippen LogP contribution in [0.5, 0.6) is 0 Å². The van der Waals surface area contributed by atoms with Crippen LogP contribution < -0.4 is 4.90 Å². The molecule has 24 heavy (non-hydrogen) atoms. The first-order chi connectivity index (χ1) is 11.8. The van der Waals surface area contributed by atoms with Gasteiger partial charge in [0.25, 0.3) is 0 Å². The smallest absolute Gasteiger partial charge is 0.184 e. The lowest BCUT2D eigenvalue weighted by Gasteiger charge is -2.24. The van der Waals surface area contributed by atoms with Crippen molar-refractivity contribution in [1.29, 1.82) is 0 Å². The average molecular weight is 401 g/mol. The van der Waals surface area contributed by atoms with E-state index in [-0.39, 0.29) is 0 Å². The largest absolute Gasteiger partial charge is 0.360 e. The molecule has 3 aromatic heterocycles. The van der Waals surface area contributed by atoms with E-state index in [9.17, 15) is 0 Å². The fourth-order valence-corrected chi connectivity index (χ4v) is 3.52. The third kappa shape index (κ3) is 3.15. The van der Waals surface area contributed by atoms with Gasteiger partial charge >= 0.3 is 0 Å². The fourth-order valence-electron chi connectivity index (χ4n) is 2.52. The second-order valence-electron chi connectivity index (χ2n) is 5.24. The van der Waals surface area contributed by atoms with Crippen molar-refractivity contribution in [2.24, 2.45) is 0 Å². The molecule has 0 atom stereocenters. The number of fused-ring (bicyclic) bond motifs is 1. The van der Waals surface area contributed by atoms with E-state index in [1.807, 2.05) is 34.4 Å². The Bertz CT molecular complexity index is 952. The van der Waals surface area contributed by atoms with Crippen LogP contribution in [0.1, 0.15) is 10.6 Å². The van der Waals surface area contributed by atoms with Crippen molar-refractivity contribution in [3.63, 3.8) is 0 Å². The van der Waals surface area contributed by atoms with Gasteiger partial charge in [-0.1, -0.05) is 22.0 Å². The Morgan fingerprint density at radius 2 is 2.21 bits per heavy atom. The van der Waals surface area contributed by atoms with Gasteiger partial charge in [0.05, 0.1) is 18.6 Å². The molecule has 0 aliphatic carbocycles. The van der Waals surface area contributed by atoms with Crippen LogP contribution in [0.25, 0.3) is 5.65 Å². The first kappa shape index (κ1) is 15.2. The molecule has 0 bridgehead atoms. The Kier molecular flexibility index (Phi) is 4.22. The molecule has 0 radical (unpaired) electrons. The summed E-state index contributed by atoms with van der Waals surface area (Å²) >= 11 is 5.20. The van der Waals surface area contributed by atoms with Gasteiger partial charge in [-0.15, -0.1) is 21.5 Å². The normalized spacial score (nSPS) is 11.0. The van der Waals surface area contributed by atoms with Crippen molar-refractivity contribution in [3.05, 3.63) is 69.7 Å². The molecule has 0 fully saturated rings. The molecular formula is C16H13BrN6S. The van der Waals surface area contributed by atoms with Gasteiger partial charge in [-0.2, -0.15) is 0 Å². The summed E-state index contributed by atoms with van der Waals surface area (Å²) in [5, 5.41) is 8.16. The molecule has 120 valence electrons. The lowest BCUT2D eigenvalue weighted by Crippen LogP contribution is -2.22. The van der Waals surface area contributed by atoms with E-state index < -0.39 is 0 Å². The first-order valence-electron chi connectivity index (χ1n) is 7.31. The fraction of sp³-hybridized carbons (Fsp3) is 0.125. The van der Waals surface area contributed by atoms with Crippen molar-refractivity contribution in [2.45, 2.75) is 13.1 Å². The van der Waals surface area contributed by atoms with Crippen LogP contribution in [-0.4, -0.2) is 24.6 Å². The summed E-state index contributed by atoms with van der Waals surface area (Å²) in [4.78, 5) is 12.1. The highest BCUT2D eigenvalue weighted by atomic mass is 79.9. The summed E-state index contributed by atoms with van der Waals surface area (Å²) in [6, 6.07) is 8.25. The number of aromatic nitrogens is 5. The Balaban J connectivity index is 1.71. The molecule has 0 amide bonds. The second-order valence-corrected chi connectivity index (χ2v) is 7.13. The maximum absolute atomic E-state index is 4.51. The molecule has 1 aromatic carbocycles. The van der Waals surface area contributed by atoms with E-state index in [0.717, 1.165) is 28.0 Å². The van der Waals surface area contributed by atoms with Gasteiger partial charge in [-0.25, -0.2) is 0 Å². The van der Waals surface area contributed by atoms with Crippen LogP contribution >= 0.6 is 27.3 Å². The maximum Gasteiger partial charge on any atom is 0.184 e. The minimum Gasteiger partial charge on any atom is -0.360 e. The van der Waals surface area contributed by atoms with Gasteiger partial charge in [0.2, 0.25) is 0 Å². The van der Waals surface area contributed by atoms with E-state index in [2.05, 4.69) is 53.1 Å². The first-order valence-corrected chi connectivity index (χ1v) is 8.98. The molecule has 0 aliphatic heterocycles. The zero-order chi connectivity index (χ0) is 16.4. The van der Waals surface area contributed by atoms with Crippen molar-refractivity contribution >= 4 is 38.6 Å². The van der Waals surface area contributed by atoms with Gasteiger partial charge in [-0.05, 0) is 18.2 Å². The van der Waals surface area contributed by atoms with Crippen LogP contribution in [0, 0.1) is 0 Å². The molecule has 8 heteroatoms. The Morgan fingerprint density at radius 3 is 3.04 bits per heavy atom. The van der Waals surface area contributed by atoms with E-state index >= 15 is 0 Å². The monoisotopic (exact) mass is 400 g/mol. The summed E-state index contributed by atoms with van der Waals surface area (Å²) in [6.45, 7) is 1.40. The predicted molar refractivity (Wildman–Crippen MR) is 96.9 cm³/mol. The van der Waals surface area contributed by atoms with Crippen LogP contribution in [0.4, 0.5) is 5.69 Å². The van der Waals surface area contributed by atoms with Crippen LogP contribution in [0.2, 0.25) is 0 Å². The SMILES string of the molecule is Brc1cccc(N(Cc2cncs2)Cc2nccn3cnnc23)c1. The summed E-state index contributed by atoms with van der Waals surface area (Å²) in [5.41, 5.74) is 4.63. The number of thiazole rings is 1. The summed E-state index contributed by atoms with van der Waals surface area (Å²) in [5.74, 6) is 0. The topological polar surface area (TPSA) is 59.2 Å². The van der Waals surface area contributed by atoms with Gasteiger partial charge < -0.3 is 4.90 Å². The minimum atomic E-state index is 0.636. The number of halogens is 1.